The number of hydrogen-bond donors (Lipinski definition) is 1. The van der Waals surface area contributed by atoms with E-state index in [4.69, 9.17) is 4.52 Å². The first-order valence-corrected chi connectivity index (χ1v) is 6.04. The number of hydrogen-bond acceptors (Lipinski definition) is 5. The first kappa shape index (κ1) is 11.2. The van der Waals surface area contributed by atoms with E-state index in [1.807, 2.05) is 31.1 Å². The lowest BCUT2D eigenvalue weighted by Gasteiger charge is -2.04. The van der Waals surface area contributed by atoms with Crippen LogP contribution in [0.3, 0.4) is 0 Å². The molecule has 0 amide bonds. The Morgan fingerprint density at radius 1 is 1.39 bits per heavy atom. The molecule has 0 fully saturated rings. The Bertz CT molecular complexity index is 549. The van der Waals surface area contributed by atoms with Crippen LogP contribution in [0.2, 0.25) is 0 Å². The lowest BCUT2D eigenvalue weighted by atomic mass is 10.0. The second kappa shape index (κ2) is 4.42. The number of para-hydroxylation sites is 1. The summed E-state index contributed by atoms with van der Waals surface area (Å²) in [6.45, 7) is 1.52. The van der Waals surface area contributed by atoms with Gasteiger partial charge in [0, 0.05) is 12.2 Å². The minimum Gasteiger partial charge on any atom is -0.384 e. The number of nitrogens with one attached hydrogen (secondary N) is 1. The van der Waals surface area contributed by atoms with Gasteiger partial charge in [-0.1, -0.05) is 23.4 Å². The van der Waals surface area contributed by atoms with Crippen LogP contribution in [-0.2, 0) is 6.54 Å². The zero-order valence-corrected chi connectivity index (χ0v) is 10.6. The van der Waals surface area contributed by atoms with Gasteiger partial charge in [-0.15, -0.1) is 0 Å². The number of anilines is 1. The van der Waals surface area contributed by atoms with Crippen LogP contribution < -0.4 is 5.32 Å². The van der Waals surface area contributed by atoms with Crippen LogP contribution in [0.5, 0.6) is 0 Å². The molecule has 5 nitrogen and oxygen atoms in total. The van der Waals surface area contributed by atoms with Crippen molar-refractivity contribution in [2.75, 3.05) is 26.0 Å². The lowest BCUT2D eigenvalue weighted by Crippen LogP contribution is -2.12. The molecule has 1 N–H and O–H groups in total. The first-order chi connectivity index (χ1) is 8.74. The Morgan fingerprint density at radius 2 is 2.22 bits per heavy atom. The number of fused-ring (bicyclic) bond motifs is 1. The normalized spacial score (nSPS) is 17.8. The van der Waals surface area contributed by atoms with Crippen LogP contribution in [0.25, 0.3) is 0 Å². The van der Waals surface area contributed by atoms with E-state index in [1.165, 1.54) is 5.56 Å². The first-order valence-electron chi connectivity index (χ1n) is 6.04. The lowest BCUT2D eigenvalue weighted by molar-refractivity contribution is 0.345. The summed E-state index contributed by atoms with van der Waals surface area (Å²) in [6, 6.07) is 8.25. The van der Waals surface area contributed by atoms with E-state index < -0.39 is 0 Å². The van der Waals surface area contributed by atoms with E-state index >= 15 is 0 Å². The van der Waals surface area contributed by atoms with Crippen LogP contribution >= 0.6 is 0 Å². The Labute approximate surface area is 106 Å². The van der Waals surface area contributed by atoms with Gasteiger partial charge in [0.1, 0.15) is 0 Å². The third kappa shape index (κ3) is 1.97. The number of benzene rings is 1. The van der Waals surface area contributed by atoms with Crippen LogP contribution in [-0.4, -0.2) is 35.7 Å². The molecule has 2 heterocycles. The van der Waals surface area contributed by atoms with Crippen molar-refractivity contribution in [1.82, 2.24) is 15.0 Å². The van der Waals surface area contributed by atoms with E-state index in [0.717, 1.165) is 18.1 Å². The Morgan fingerprint density at radius 3 is 3.06 bits per heavy atom. The molecule has 1 atom stereocenters. The quantitative estimate of drug-likeness (QED) is 0.890. The predicted molar refractivity (Wildman–Crippen MR) is 68.5 cm³/mol. The smallest absolute Gasteiger partial charge is 0.236 e. The van der Waals surface area contributed by atoms with Crippen molar-refractivity contribution >= 4 is 5.69 Å². The molecule has 94 valence electrons. The number of rotatable bonds is 3. The highest BCUT2D eigenvalue weighted by Gasteiger charge is 2.28. The van der Waals surface area contributed by atoms with Crippen molar-refractivity contribution in [2.45, 2.75) is 12.5 Å². The van der Waals surface area contributed by atoms with Gasteiger partial charge < -0.3 is 14.7 Å². The van der Waals surface area contributed by atoms with Gasteiger partial charge in [-0.2, -0.15) is 4.98 Å². The average molecular weight is 244 g/mol. The van der Waals surface area contributed by atoms with Gasteiger partial charge in [0.15, 0.2) is 5.82 Å². The topological polar surface area (TPSA) is 54.2 Å². The fraction of sp³-hybridized carbons (Fsp3) is 0.385. The number of aromatic nitrogens is 2. The third-order valence-corrected chi connectivity index (χ3v) is 3.07. The van der Waals surface area contributed by atoms with Gasteiger partial charge in [0.25, 0.3) is 0 Å². The summed E-state index contributed by atoms with van der Waals surface area (Å²) in [6.07, 6.45) is 0. The predicted octanol–water partition coefficient (Wildman–Crippen LogP) is 1.69. The molecule has 2 aromatic rings. The van der Waals surface area contributed by atoms with Crippen molar-refractivity contribution in [3.8, 4) is 0 Å². The monoisotopic (exact) mass is 244 g/mol. The zero-order valence-electron chi connectivity index (χ0n) is 10.6. The maximum absolute atomic E-state index is 5.38. The molecule has 0 aliphatic carbocycles. The van der Waals surface area contributed by atoms with E-state index in [0.29, 0.717) is 12.4 Å². The third-order valence-electron chi connectivity index (χ3n) is 3.07. The van der Waals surface area contributed by atoms with E-state index in [9.17, 15) is 0 Å². The highest BCUT2D eigenvalue weighted by atomic mass is 16.5. The summed E-state index contributed by atoms with van der Waals surface area (Å²) in [7, 11) is 3.98. The van der Waals surface area contributed by atoms with Crippen molar-refractivity contribution in [3.63, 3.8) is 0 Å². The molecule has 1 aromatic heterocycles. The fourth-order valence-electron chi connectivity index (χ4n) is 2.26. The van der Waals surface area contributed by atoms with Crippen LogP contribution in [0.4, 0.5) is 5.69 Å². The minimum atomic E-state index is 0.171. The molecule has 1 unspecified atom stereocenters. The van der Waals surface area contributed by atoms with Gasteiger partial charge in [0.05, 0.1) is 12.5 Å². The summed E-state index contributed by atoms with van der Waals surface area (Å²) >= 11 is 0. The Kier molecular flexibility index (Phi) is 2.76. The fourth-order valence-corrected chi connectivity index (χ4v) is 2.26. The van der Waals surface area contributed by atoms with Gasteiger partial charge >= 0.3 is 0 Å². The second-order valence-corrected chi connectivity index (χ2v) is 4.81. The zero-order chi connectivity index (χ0) is 12.5. The molecule has 0 saturated heterocycles. The maximum Gasteiger partial charge on any atom is 0.236 e. The molecule has 1 aliphatic heterocycles. The summed E-state index contributed by atoms with van der Waals surface area (Å²) in [5.74, 6) is 1.60. The highest BCUT2D eigenvalue weighted by molar-refractivity contribution is 5.59. The molecule has 1 aliphatic rings. The van der Waals surface area contributed by atoms with Crippen LogP contribution in [0.1, 0.15) is 23.2 Å². The second-order valence-electron chi connectivity index (χ2n) is 4.81. The van der Waals surface area contributed by atoms with Crippen molar-refractivity contribution in [1.29, 1.82) is 0 Å². The summed E-state index contributed by atoms with van der Waals surface area (Å²) < 4.78 is 5.38. The molecule has 18 heavy (non-hydrogen) atoms. The number of nitrogens with zero attached hydrogens (tertiary/aromatic N) is 3. The van der Waals surface area contributed by atoms with Crippen molar-refractivity contribution < 1.29 is 4.52 Å². The molecule has 0 bridgehead atoms. The van der Waals surface area contributed by atoms with Crippen LogP contribution in [0.15, 0.2) is 28.8 Å². The van der Waals surface area contributed by atoms with E-state index in [2.05, 4.69) is 27.6 Å². The average Bonchev–Trinajstić information content (AvgIpc) is 2.94. The SMILES string of the molecule is CN(C)Cc1noc(C2CNc3ccccc32)n1. The van der Waals surface area contributed by atoms with Crippen molar-refractivity contribution in [3.05, 3.63) is 41.5 Å². The molecule has 1 aromatic carbocycles. The Hall–Kier alpha value is -1.88. The van der Waals surface area contributed by atoms with Crippen LogP contribution in [0, 0.1) is 0 Å². The van der Waals surface area contributed by atoms with E-state index in [1.54, 1.807) is 0 Å². The van der Waals surface area contributed by atoms with Crippen molar-refractivity contribution in [2.24, 2.45) is 0 Å². The molecular formula is C13H16N4O. The maximum atomic E-state index is 5.38. The van der Waals surface area contributed by atoms with Gasteiger partial charge in [0.2, 0.25) is 5.89 Å². The van der Waals surface area contributed by atoms with Gasteiger partial charge in [-0.25, -0.2) is 0 Å². The Balaban J connectivity index is 1.86. The largest absolute Gasteiger partial charge is 0.384 e. The minimum absolute atomic E-state index is 0.171. The molecule has 5 heteroatoms. The molecule has 3 rings (SSSR count). The standard InChI is InChI=1S/C13H16N4O/c1-17(2)8-12-15-13(18-16-12)10-7-14-11-6-4-3-5-9(10)11/h3-6,10,14H,7-8H2,1-2H3. The van der Waals surface area contributed by atoms with Gasteiger partial charge in [-0.05, 0) is 25.7 Å². The molecule has 0 spiro atoms. The molecular weight excluding hydrogens is 228 g/mol. The molecule has 0 saturated carbocycles. The van der Waals surface area contributed by atoms with Gasteiger partial charge in [-0.3, -0.25) is 0 Å². The summed E-state index contributed by atoms with van der Waals surface area (Å²) in [5, 5.41) is 7.38. The van der Waals surface area contributed by atoms with E-state index in [-0.39, 0.29) is 5.92 Å². The summed E-state index contributed by atoms with van der Waals surface area (Å²) in [5.41, 5.74) is 2.40. The molecule has 0 radical (unpaired) electrons. The summed E-state index contributed by atoms with van der Waals surface area (Å²) in [4.78, 5) is 6.50. The highest BCUT2D eigenvalue weighted by Crippen LogP contribution is 2.34.